The first-order valence-corrected chi connectivity index (χ1v) is 9.52. The van der Waals surface area contributed by atoms with E-state index in [1.807, 2.05) is 11.3 Å². The van der Waals surface area contributed by atoms with E-state index in [1.54, 1.807) is 14.0 Å². The van der Waals surface area contributed by atoms with Crippen molar-refractivity contribution in [3.05, 3.63) is 34.1 Å². The maximum absolute atomic E-state index is 4.99. The summed E-state index contributed by atoms with van der Waals surface area (Å²) in [6.45, 7) is 4.32. The van der Waals surface area contributed by atoms with E-state index in [-0.39, 0.29) is 24.0 Å². The molecule has 0 saturated carbocycles. The van der Waals surface area contributed by atoms with Crippen LogP contribution in [0.2, 0.25) is 0 Å². The summed E-state index contributed by atoms with van der Waals surface area (Å²) in [4.78, 5) is 12.4. The number of nitrogens with one attached hydrogen (secondary N) is 2. The lowest BCUT2D eigenvalue weighted by Crippen LogP contribution is -2.44. The van der Waals surface area contributed by atoms with Gasteiger partial charge in [0.2, 0.25) is 5.89 Å². The summed E-state index contributed by atoms with van der Waals surface area (Å²) in [6, 6.07) is 4.86. The highest BCUT2D eigenvalue weighted by Crippen LogP contribution is 2.36. The summed E-state index contributed by atoms with van der Waals surface area (Å²) in [7, 11) is 4.00. The molecule has 2 aromatic rings. The van der Waals surface area contributed by atoms with Gasteiger partial charge in [-0.05, 0) is 43.8 Å². The van der Waals surface area contributed by atoms with Crippen LogP contribution in [-0.2, 0) is 6.54 Å². The molecular formula is C17H27IN6OS. The van der Waals surface area contributed by atoms with Gasteiger partial charge in [-0.25, -0.2) is 0 Å². The normalized spacial score (nSPS) is 21.3. The van der Waals surface area contributed by atoms with Crippen molar-refractivity contribution in [3.8, 4) is 0 Å². The third kappa shape index (κ3) is 5.40. The molecule has 0 spiro atoms. The molecule has 2 N–H and O–H groups in total. The fourth-order valence-electron chi connectivity index (χ4n) is 3.41. The largest absolute Gasteiger partial charge is 0.356 e. The van der Waals surface area contributed by atoms with Gasteiger partial charge in [0.15, 0.2) is 11.8 Å². The fourth-order valence-corrected chi connectivity index (χ4v) is 4.39. The van der Waals surface area contributed by atoms with Crippen LogP contribution >= 0.6 is 35.3 Å². The molecule has 0 aromatic carbocycles. The quantitative estimate of drug-likeness (QED) is 0.382. The number of halogens is 1. The lowest BCUT2D eigenvalue weighted by molar-refractivity contribution is 0.125. The van der Waals surface area contributed by atoms with E-state index >= 15 is 0 Å². The Morgan fingerprint density at radius 2 is 2.31 bits per heavy atom. The summed E-state index contributed by atoms with van der Waals surface area (Å²) < 4.78 is 4.99. The number of nitrogens with zero attached hydrogens (tertiary/aromatic N) is 4. The Balaban J connectivity index is 0.00000243. The van der Waals surface area contributed by atoms with Crippen LogP contribution in [-0.4, -0.2) is 48.2 Å². The first-order valence-electron chi connectivity index (χ1n) is 8.64. The Morgan fingerprint density at radius 1 is 1.46 bits per heavy atom. The average Bonchev–Trinajstić information content (AvgIpc) is 3.27. The highest BCUT2D eigenvalue weighted by atomic mass is 127. The minimum atomic E-state index is 0. The second-order valence-corrected chi connectivity index (χ2v) is 7.36. The number of rotatable bonds is 5. The van der Waals surface area contributed by atoms with Crippen LogP contribution in [0.25, 0.3) is 0 Å². The molecule has 7 nitrogen and oxygen atoms in total. The zero-order valence-corrected chi connectivity index (χ0v) is 18.6. The van der Waals surface area contributed by atoms with Gasteiger partial charge >= 0.3 is 0 Å². The molecule has 0 bridgehead atoms. The highest BCUT2D eigenvalue weighted by Gasteiger charge is 2.31. The predicted octanol–water partition coefficient (Wildman–Crippen LogP) is 2.81. The van der Waals surface area contributed by atoms with E-state index in [1.165, 1.54) is 17.7 Å². The maximum Gasteiger partial charge on any atom is 0.223 e. The molecule has 9 heteroatoms. The van der Waals surface area contributed by atoms with Crippen molar-refractivity contribution < 1.29 is 4.52 Å². The molecule has 0 aliphatic carbocycles. The van der Waals surface area contributed by atoms with Gasteiger partial charge in [0.1, 0.15) is 0 Å². The van der Waals surface area contributed by atoms with Gasteiger partial charge in [-0.3, -0.25) is 9.89 Å². The summed E-state index contributed by atoms with van der Waals surface area (Å²) in [5, 5.41) is 12.8. The number of hydrogen-bond donors (Lipinski definition) is 2. The molecular weight excluding hydrogens is 463 g/mol. The summed E-state index contributed by atoms with van der Waals surface area (Å²) >= 11 is 1.84. The molecule has 0 radical (unpaired) electrons. The molecule has 0 amide bonds. The number of thiophene rings is 1. The van der Waals surface area contributed by atoms with Gasteiger partial charge < -0.3 is 15.2 Å². The monoisotopic (exact) mass is 490 g/mol. The number of aromatic nitrogens is 2. The van der Waals surface area contributed by atoms with Gasteiger partial charge in [-0.2, -0.15) is 4.98 Å². The molecule has 3 heterocycles. The number of piperidine rings is 1. The number of aliphatic imine (C=N–C) groups is 1. The van der Waals surface area contributed by atoms with E-state index in [9.17, 15) is 0 Å². The van der Waals surface area contributed by atoms with Crippen molar-refractivity contribution in [2.45, 2.75) is 32.4 Å². The molecule has 1 saturated heterocycles. The molecule has 26 heavy (non-hydrogen) atoms. The van der Waals surface area contributed by atoms with Crippen molar-refractivity contribution in [2.24, 2.45) is 10.9 Å². The van der Waals surface area contributed by atoms with Crippen molar-refractivity contribution in [2.75, 3.05) is 27.2 Å². The Kier molecular flexibility index (Phi) is 8.29. The van der Waals surface area contributed by atoms with Crippen LogP contribution in [0.15, 0.2) is 27.0 Å². The van der Waals surface area contributed by atoms with Crippen LogP contribution in [0.5, 0.6) is 0 Å². The van der Waals surface area contributed by atoms with Gasteiger partial charge in [-0.15, -0.1) is 35.3 Å². The number of likely N-dealkylation sites (tertiary alicyclic amines) is 1. The lowest BCUT2D eigenvalue weighted by Gasteiger charge is -2.39. The number of aryl methyl sites for hydroxylation is 1. The minimum absolute atomic E-state index is 0. The molecule has 144 valence electrons. The van der Waals surface area contributed by atoms with Crippen LogP contribution in [0.1, 0.15) is 35.5 Å². The van der Waals surface area contributed by atoms with Crippen molar-refractivity contribution in [1.29, 1.82) is 0 Å². The third-order valence-corrected chi connectivity index (χ3v) is 5.52. The van der Waals surface area contributed by atoms with Crippen LogP contribution in [0, 0.1) is 12.8 Å². The fraction of sp³-hybridized carbons (Fsp3) is 0.588. The summed E-state index contributed by atoms with van der Waals surface area (Å²) in [5.41, 5.74) is 0. The Morgan fingerprint density at radius 3 is 2.96 bits per heavy atom. The smallest absolute Gasteiger partial charge is 0.223 e. The van der Waals surface area contributed by atoms with Gasteiger partial charge in [0.05, 0.1) is 6.54 Å². The van der Waals surface area contributed by atoms with E-state index in [2.05, 4.69) is 55.2 Å². The first kappa shape index (κ1) is 21.1. The Labute approximate surface area is 175 Å². The predicted molar refractivity (Wildman–Crippen MR) is 115 cm³/mol. The van der Waals surface area contributed by atoms with Gasteiger partial charge in [0.25, 0.3) is 0 Å². The van der Waals surface area contributed by atoms with Gasteiger partial charge in [-0.1, -0.05) is 11.2 Å². The van der Waals surface area contributed by atoms with Crippen molar-refractivity contribution in [3.63, 3.8) is 0 Å². The van der Waals surface area contributed by atoms with E-state index in [0.717, 1.165) is 19.0 Å². The standard InChI is InChI=1S/C17H26N6OS.HI/c1-12-21-15(22-24-12)11-20-17(18-2)19-10-13-6-4-8-23(3)16(13)14-7-5-9-25-14;/h5,7,9,13,16H,4,6,8,10-11H2,1-3H3,(H2,18,19,20);1H. The van der Waals surface area contributed by atoms with E-state index in [4.69, 9.17) is 4.52 Å². The second-order valence-electron chi connectivity index (χ2n) is 6.38. The number of guanidine groups is 1. The second kappa shape index (κ2) is 10.2. The molecule has 1 aliphatic rings. The van der Waals surface area contributed by atoms with E-state index < -0.39 is 0 Å². The van der Waals surface area contributed by atoms with Crippen molar-refractivity contribution >= 4 is 41.3 Å². The van der Waals surface area contributed by atoms with E-state index in [0.29, 0.717) is 30.2 Å². The van der Waals surface area contributed by atoms with Gasteiger partial charge in [0, 0.05) is 31.4 Å². The highest BCUT2D eigenvalue weighted by molar-refractivity contribution is 14.0. The molecule has 2 aromatic heterocycles. The SMILES string of the molecule is CN=C(NCc1noc(C)n1)NCC1CCCN(C)C1c1cccs1.I. The topological polar surface area (TPSA) is 78.6 Å². The van der Waals surface area contributed by atoms with Crippen LogP contribution in [0.3, 0.4) is 0 Å². The van der Waals surface area contributed by atoms with Crippen LogP contribution < -0.4 is 10.6 Å². The molecule has 1 fully saturated rings. The zero-order chi connectivity index (χ0) is 17.6. The molecule has 3 rings (SSSR count). The molecule has 1 aliphatic heterocycles. The molecule has 2 unspecified atom stereocenters. The lowest BCUT2D eigenvalue weighted by atomic mass is 9.88. The Bertz CT molecular complexity index is 689. The maximum atomic E-state index is 4.99. The van der Waals surface area contributed by atoms with Crippen LogP contribution in [0.4, 0.5) is 0 Å². The first-order chi connectivity index (χ1) is 12.2. The average molecular weight is 490 g/mol. The zero-order valence-electron chi connectivity index (χ0n) is 15.4. The summed E-state index contributed by atoms with van der Waals surface area (Å²) in [5.74, 6) is 2.53. The third-order valence-electron chi connectivity index (χ3n) is 4.58. The van der Waals surface area contributed by atoms with Crippen molar-refractivity contribution in [1.82, 2.24) is 25.7 Å². The summed E-state index contributed by atoms with van der Waals surface area (Å²) in [6.07, 6.45) is 2.46. The Hall–Kier alpha value is -1.20. The number of hydrogen-bond acceptors (Lipinski definition) is 6. The minimum Gasteiger partial charge on any atom is -0.356 e. The molecule has 2 atom stereocenters.